The standard InChI is InChI=1S/C16H16N2O/c1-19-16-9-5-8-14(11-16)18-15(12-17)10-13-6-3-2-4-7-13/h2-9,11,15,18H,10H2,1H3. The zero-order chi connectivity index (χ0) is 13.5. The molecule has 0 bridgehead atoms. The van der Waals surface area contributed by atoms with Gasteiger partial charge in [-0.05, 0) is 17.7 Å². The molecule has 2 aromatic rings. The van der Waals surface area contributed by atoms with Crippen LogP contribution in [0.25, 0.3) is 0 Å². The van der Waals surface area contributed by atoms with E-state index in [0.29, 0.717) is 6.42 Å². The maximum atomic E-state index is 9.23. The van der Waals surface area contributed by atoms with Crippen molar-refractivity contribution in [2.75, 3.05) is 12.4 Å². The highest BCUT2D eigenvalue weighted by molar-refractivity contribution is 5.50. The van der Waals surface area contributed by atoms with Gasteiger partial charge >= 0.3 is 0 Å². The van der Waals surface area contributed by atoms with Crippen LogP contribution in [0.5, 0.6) is 5.75 Å². The third-order valence-electron chi connectivity index (χ3n) is 2.85. The van der Waals surface area contributed by atoms with Gasteiger partial charge in [-0.3, -0.25) is 0 Å². The smallest absolute Gasteiger partial charge is 0.120 e. The highest BCUT2D eigenvalue weighted by atomic mass is 16.5. The molecule has 0 amide bonds. The van der Waals surface area contributed by atoms with Gasteiger partial charge < -0.3 is 10.1 Å². The van der Waals surface area contributed by atoms with E-state index in [1.54, 1.807) is 7.11 Å². The SMILES string of the molecule is COc1cccc(NC(C#N)Cc2ccccc2)c1. The van der Waals surface area contributed by atoms with Gasteiger partial charge in [0.1, 0.15) is 11.8 Å². The second kappa shape index (κ2) is 6.46. The van der Waals surface area contributed by atoms with Gasteiger partial charge in [-0.2, -0.15) is 5.26 Å². The first-order chi connectivity index (χ1) is 9.31. The molecule has 0 heterocycles. The molecule has 0 aliphatic heterocycles. The zero-order valence-corrected chi connectivity index (χ0v) is 10.8. The molecule has 1 N–H and O–H groups in total. The molecule has 0 saturated heterocycles. The lowest BCUT2D eigenvalue weighted by molar-refractivity contribution is 0.415. The second-order valence-electron chi connectivity index (χ2n) is 4.25. The fourth-order valence-electron chi connectivity index (χ4n) is 1.89. The molecular weight excluding hydrogens is 236 g/mol. The van der Waals surface area contributed by atoms with E-state index in [4.69, 9.17) is 4.74 Å². The van der Waals surface area contributed by atoms with Gasteiger partial charge in [0, 0.05) is 18.2 Å². The molecule has 0 saturated carbocycles. The Morgan fingerprint density at radius 1 is 1.16 bits per heavy atom. The van der Waals surface area contributed by atoms with Crippen LogP contribution in [0.2, 0.25) is 0 Å². The molecule has 96 valence electrons. The van der Waals surface area contributed by atoms with E-state index >= 15 is 0 Å². The normalized spacial score (nSPS) is 11.4. The summed E-state index contributed by atoms with van der Waals surface area (Å²) in [6.45, 7) is 0. The van der Waals surface area contributed by atoms with Crippen molar-refractivity contribution < 1.29 is 4.74 Å². The molecule has 0 aliphatic rings. The lowest BCUT2D eigenvalue weighted by Crippen LogP contribution is -2.20. The molecule has 3 heteroatoms. The number of rotatable bonds is 5. The van der Waals surface area contributed by atoms with Crippen molar-refractivity contribution in [3.05, 3.63) is 60.2 Å². The van der Waals surface area contributed by atoms with Crippen LogP contribution >= 0.6 is 0 Å². The summed E-state index contributed by atoms with van der Waals surface area (Å²) in [6, 6.07) is 19.6. The van der Waals surface area contributed by atoms with Crippen molar-refractivity contribution in [2.45, 2.75) is 12.5 Å². The van der Waals surface area contributed by atoms with Gasteiger partial charge in [-0.15, -0.1) is 0 Å². The molecule has 0 spiro atoms. The van der Waals surface area contributed by atoms with E-state index in [1.165, 1.54) is 0 Å². The van der Waals surface area contributed by atoms with E-state index in [2.05, 4.69) is 11.4 Å². The summed E-state index contributed by atoms with van der Waals surface area (Å²) in [4.78, 5) is 0. The summed E-state index contributed by atoms with van der Waals surface area (Å²) in [7, 11) is 1.63. The zero-order valence-electron chi connectivity index (χ0n) is 10.8. The first kappa shape index (κ1) is 13.0. The molecule has 0 radical (unpaired) electrons. The van der Waals surface area contributed by atoms with Gasteiger partial charge in [0.15, 0.2) is 0 Å². The van der Waals surface area contributed by atoms with Gasteiger partial charge in [0.05, 0.1) is 13.2 Å². The number of anilines is 1. The predicted molar refractivity (Wildman–Crippen MR) is 76.2 cm³/mol. The Bertz CT molecular complexity index is 560. The van der Waals surface area contributed by atoms with Crippen molar-refractivity contribution >= 4 is 5.69 Å². The highest BCUT2D eigenvalue weighted by Gasteiger charge is 2.08. The number of nitrogens with one attached hydrogen (secondary N) is 1. The molecule has 2 aromatic carbocycles. The van der Waals surface area contributed by atoms with Crippen LogP contribution in [-0.2, 0) is 6.42 Å². The van der Waals surface area contributed by atoms with Crippen LogP contribution in [0.15, 0.2) is 54.6 Å². The Morgan fingerprint density at radius 3 is 2.63 bits per heavy atom. The molecule has 3 nitrogen and oxygen atoms in total. The maximum Gasteiger partial charge on any atom is 0.120 e. The van der Waals surface area contributed by atoms with Crippen molar-refractivity contribution in [1.29, 1.82) is 5.26 Å². The predicted octanol–water partition coefficient (Wildman–Crippen LogP) is 3.24. The van der Waals surface area contributed by atoms with Crippen LogP contribution in [0, 0.1) is 11.3 Å². The summed E-state index contributed by atoms with van der Waals surface area (Å²) in [6.07, 6.45) is 0.675. The van der Waals surface area contributed by atoms with Crippen LogP contribution in [0.4, 0.5) is 5.69 Å². The minimum Gasteiger partial charge on any atom is -0.497 e. The number of ether oxygens (including phenoxy) is 1. The Balaban J connectivity index is 2.05. The van der Waals surface area contributed by atoms with Crippen molar-refractivity contribution in [2.24, 2.45) is 0 Å². The van der Waals surface area contributed by atoms with Crippen molar-refractivity contribution in [1.82, 2.24) is 0 Å². The van der Waals surface area contributed by atoms with Crippen LogP contribution in [0.3, 0.4) is 0 Å². The lowest BCUT2D eigenvalue weighted by atomic mass is 10.1. The molecular formula is C16H16N2O. The Morgan fingerprint density at radius 2 is 1.95 bits per heavy atom. The number of nitriles is 1. The van der Waals surface area contributed by atoms with E-state index in [-0.39, 0.29) is 6.04 Å². The van der Waals surface area contributed by atoms with Crippen molar-refractivity contribution in [3.8, 4) is 11.8 Å². The Kier molecular flexibility index (Phi) is 4.41. The number of hydrogen-bond acceptors (Lipinski definition) is 3. The second-order valence-corrected chi connectivity index (χ2v) is 4.25. The Hall–Kier alpha value is -2.47. The number of nitrogens with zero attached hydrogens (tertiary/aromatic N) is 1. The number of hydrogen-bond donors (Lipinski definition) is 1. The molecule has 1 unspecified atom stereocenters. The van der Waals surface area contributed by atoms with Gasteiger partial charge in [-0.1, -0.05) is 36.4 Å². The molecule has 1 atom stereocenters. The monoisotopic (exact) mass is 252 g/mol. The average molecular weight is 252 g/mol. The number of benzene rings is 2. The van der Waals surface area contributed by atoms with E-state index in [9.17, 15) is 5.26 Å². The average Bonchev–Trinajstić information content (AvgIpc) is 2.48. The summed E-state index contributed by atoms with van der Waals surface area (Å²) in [5, 5.41) is 12.4. The molecule has 0 fully saturated rings. The minimum absolute atomic E-state index is 0.255. The molecule has 0 aliphatic carbocycles. The quantitative estimate of drug-likeness (QED) is 0.888. The van der Waals surface area contributed by atoms with Gasteiger partial charge in [-0.25, -0.2) is 0 Å². The highest BCUT2D eigenvalue weighted by Crippen LogP contribution is 2.18. The van der Waals surface area contributed by atoms with Crippen LogP contribution in [0.1, 0.15) is 5.56 Å². The third-order valence-corrected chi connectivity index (χ3v) is 2.85. The fourth-order valence-corrected chi connectivity index (χ4v) is 1.89. The summed E-state index contributed by atoms with van der Waals surface area (Å²) in [5.74, 6) is 0.779. The summed E-state index contributed by atoms with van der Waals surface area (Å²) >= 11 is 0. The summed E-state index contributed by atoms with van der Waals surface area (Å²) in [5.41, 5.74) is 2.03. The molecule has 2 rings (SSSR count). The molecule has 0 aromatic heterocycles. The topological polar surface area (TPSA) is 45.0 Å². The first-order valence-electron chi connectivity index (χ1n) is 6.16. The Labute approximate surface area is 113 Å². The van der Waals surface area contributed by atoms with E-state index in [1.807, 2.05) is 54.6 Å². The molecule has 19 heavy (non-hydrogen) atoms. The first-order valence-corrected chi connectivity index (χ1v) is 6.16. The van der Waals surface area contributed by atoms with E-state index < -0.39 is 0 Å². The third kappa shape index (κ3) is 3.75. The van der Waals surface area contributed by atoms with E-state index in [0.717, 1.165) is 17.0 Å². The maximum absolute atomic E-state index is 9.23. The summed E-state index contributed by atoms with van der Waals surface area (Å²) < 4.78 is 5.17. The largest absolute Gasteiger partial charge is 0.497 e. The minimum atomic E-state index is -0.255. The van der Waals surface area contributed by atoms with Crippen molar-refractivity contribution in [3.63, 3.8) is 0 Å². The lowest BCUT2D eigenvalue weighted by Gasteiger charge is -2.13. The van der Waals surface area contributed by atoms with Crippen LogP contribution < -0.4 is 10.1 Å². The number of methoxy groups -OCH3 is 1. The van der Waals surface area contributed by atoms with Gasteiger partial charge in [0.25, 0.3) is 0 Å². The fraction of sp³-hybridized carbons (Fsp3) is 0.188. The van der Waals surface area contributed by atoms with Crippen LogP contribution in [-0.4, -0.2) is 13.2 Å². The van der Waals surface area contributed by atoms with Gasteiger partial charge in [0.2, 0.25) is 0 Å².